The maximum absolute atomic E-state index is 6.78. The lowest BCUT2D eigenvalue weighted by atomic mass is 9.94. The lowest BCUT2D eigenvalue weighted by Crippen LogP contribution is -2.00. The molecule has 0 aliphatic carbocycles. The van der Waals surface area contributed by atoms with Gasteiger partial charge in [0.05, 0.1) is 0 Å². The zero-order valence-corrected chi connectivity index (χ0v) is 26.3. The number of benzene rings is 8. The Kier molecular flexibility index (Phi) is 6.15. The fourth-order valence-electron chi connectivity index (χ4n) is 7.03. The molecule has 0 aliphatic rings. The van der Waals surface area contributed by atoms with Crippen LogP contribution in [0.2, 0.25) is 0 Å². The molecule has 0 saturated heterocycles. The van der Waals surface area contributed by atoms with Gasteiger partial charge in [0.2, 0.25) is 0 Å². The maximum Gasteiger partial charge on any atom is 0.164 e. The molecule has 10 rings (SSSR count). The number of furan rings is 1. The van der Waals surface area contributed by atoms with Gasteiger partial charge in [0.15, 0.2) is 17.5 Å². The average Bonchev–Trinajstić information content (AvgIpc) is 3.56. The number of aromatic nitrogens is 3. The van der Waals surface area contributed by atoms with Gasteiger partial charge in [0, 0.05) is 32.8 Å². The van der Waals surface area contributed by atoms with Gasteiger partial charge in [-0.15, -0.1) is 0 Å². The van der Waals surface area contributed by atoms with E-state index in [1.54, 1.807) is 0 Å². The molecule has 0 saturated carbocycles. The number of hydrogen-bond acceptors (Lipinski definition) is 4. The molecule has 0 atom stereocenters. The smallest absolute Gasteiger partial charge is 0.164 e. The average molecular weight is 626 g/mol. The van der Waals surface area contributed by atoms with Gasteiger partial charge in [-0.2, -0.15) is 0 Å². The van der Waals surface area contributed by atoms with Crippen LogP contribution in [0.1, 0.15) is 0 Å². The Bertz CT molecular complexity index is 2890. The fraction of sp³-hybridized carbons (Fsp3) is 0. The van der Waals surface area contributed by atoms with Crippen LogP contribution in [0.4, 0.5) is 0 Å². The highest BCUT2D eigenvalue weighted by Crippen LogP contribution is 2.42. The third-order valence-corrected chi connectivity index (χ3v) is 9.46. The van der Waals surface area contributed by atoms with E-state index in [0.717, 1.165) is 65.9 Å². The van der Waals surface area contributed by atoms with E-state index in [-0.39, 0.29) is 0 Å². The molecule has 2 heterocycles. The Balaban J connectivity index is 1.26. The van der Waals surface area contributed by atoms with Gasteiger partial charge in [-0.05, 0) is 68.4 Å². The normalized spacial score (nSPS) is 11.7. The van der Waals surface area contributed by atoms with E-state index >= 15 is 0 Å². The zero-order valence-electron chi connectivity index (χ0n) is 26.3. The van der Waals surface area contributed by atoms with E-state index in [4.69, 9.17) is 19.4 Å². The molecule has 4 heteroatoms. The van der Waals surface area contributed by atoms with Gasteiger partial charge >= 0.3 is 0 Å². The molecule has 8 aromatic carbocycles. The third kappa shape index (κ3) is 4.65. The summed E-state index contributed by atoms with van der Waals surface area (Å²) in [6.07, 6.45) is 0. The lowest BCUT2D eigenvalue weighted by Gasteiger charge is -2.11. The minimum atomic E-state index is 0.589. The van der Waals surface area contributed by atoms with Crippen LogP contribution in [0.3, 0.4) is 0 Å². The minimum Gasteiger partial charge on any atom is -0.455 e. The van der Waals surface area contributed by atoms with Crippen molar-refractivity contribution in [3.05, 3.63) is 164 Å². The summed E-state index contributed by atoms with van der Waals surface area (Å²) in [7, 11) is 0. The third-order valence-electron chi connectivity index (χ3n) is 9.46. The number of nitrogens with zero attached hydrogens (tertiary/aromatic N) is 3. The van der Waals surface area contributed by atoms with Gasteiger partial charge in [-0.25, -0.2) is 15.0 Å². The Hall–Kier alpha value is -6.65. The highest BCUT2D eigenvalue weighted by Gasteiger charge is 2.20. The summed E-state index contributed by atoms with van der Waals surface area (Å²) in [5.41, 5.74) is 6.57. The van der Waals surface area contributed by atoms with Gasteiger partial charge in [0.25, 0.3) is 0 Å². The van der Waals surface area contributed by atoms with E-state index in [9.17, 15) is 0 Å². The van der Waals surface area contributed by atoms with Crippen LogP contribution in [-0.2, 0) is 0 Å². The summed E-state index contributed by atoms with van der Waals surface area (Å²) in [6.45, 7) is 0. The molecule has 0 amide bonds. The molecule has 0 bridgehead atoms. The van der Waals surface area contributed by atoms with Crippen LogP contribution >= 0.6 is 0 Å². The Morgan fingerprint density at radius 1 is 0.347 bits per heavy atom. The van der Waals surface area contributed by atoms with E-state index in [1.807, 2.05) is 30.3 Å². The van der Waals surface area contributed by atoms with Crippen molar-refractivity contribution in [1.82, 2.24) is 15.0 Å². The van der Waals surface area contributed by atoms with Gasteiger partial charge in [-0.3, -0.25) is 0 Å². The van der Waals surface area contributed by atoms with Crippen molar-refractivity contribution in [2.45, 2.75) is 0 Å². The predicted octanol–water partition coefficient (Wildman–Crippen LogP) is 11.9. The van der Waals surface area contributed by atoms with Crippen LogP contribution in [0.25, 0.3) is 99.5 Å². The van der Waals surface area contributed by atoms with Gasteiger partial charge in [0.1, 0.15) is 11.2 Å². The fourth-order valence-corrected chi connectivity index (χ4v) is 7.03. The van der Waals surface area contributed by atoms with Crippen molar-refractivity contribution >= 4 is 54.3 Å². The van der Waals surface area contributed by atoms with Crippen molar-refractivity contribution in [3.63, 3.8) is 0 Å². The van der Waals surface area contributed by atoms with Gasteiger partial charge in [-0.1, -0.05) is 133 Å². The summed E-state index contributed by atoms with van der Waals surface area (Å²) < 4.78 is 6.78. The summed E-state index contributed by atoms with van der Waals surface area (Å²) in [5, 5.41) is 9.09. The van der Waals surface area contributed by atoms with Crippen LogP contribution in [-0.4, -0.2) is 15.0 Å². The molecule has 49 heavy (non-hydrogen) atoms. The molecular weight excluding hydrogens is 599 g/mol. The molecule has 0 unspecified atom stereocenters. The molecular formula is C45H27N3O. The molecule has 0 fully saturated rings. The standard InChI is InChI=1S/C45H27N3O/c1-2-13-31(14-3-1)43-46-44(35-21-19-29-11-5-7-16-33(29)25-35)48-45(47-43)36-26-39(34-20-18-28-10-4-6-15-32(28)24-34)41-38-23-22-30-12-8-9-17-37(30)42(38)49-40(41)27-36/h1-27H. The quantitative estimate of drug-likeness (QED) is 0.195. The molecule has 2 aromatic heterocycles. The first-order valence-electron chi connectivity index (χ1n) is 16.4. The van der Waals surface area contributed by atoms with Crippen molar-refractivity contribution in [2.75, 3.05) is 0 Å². The first-order valence-corrected chi connectivity index (χ1v) is 16.4. The maximum atomic E-state index is 6.78. The van der Waals surface area contributed by atoms with Crippen molar-refractivity contribution in [3.8, 4) is 45.3 Å². The van der Waals surface area contributed by atoms with Crippen molar-refractivity contribution < 1.29 is 4.42 Å². The first kappa shape index (κ1) is 27.5. The second-order valence-corrected chi connectivity index (χ2v) is 12.5. The van der Waals surface area contributed by atoms with Crippen LogP contribution < -0.4 is 0 Å². The van der Waals surface area contributed by atoms with Crippen LogP contribution in [0, 0.1) is 0 Å². The Labute approximate surface area is 282 Å². The number of fused-ring (bicyclic) bond motifs is 7. The molecule has 0 N–H and O–H groups in total. The van der Waals surface area contributed by atoms with Crippen molar-refractivity contribution in [2.24, 2.45) is 0 Å². The largest absolute Gasteiger partial charge is 0.455 e. The summed E-state index contributed by atoms with van der Waals surface area (Å²) in [6, 6.07) is 57.0. The molecule has 0 radical (unpaired) electrons. The number of hydrogen-bond donors (Lipinski definition) is 0. The van der Waals surface area contributed by atoms with Crippen molar-refractivity contribution in [1.29, 1.82) is 0 Å². The molecule has 228 valence electrons. The second-order valence-electron chi connectivity index (χ2n) is 12.5. The summed E-state index contributed by atoms with van der Waals surface area (Å²) in [5.74, 6) is 1.83. The Morgan fingerprint density at radius 3 is 1.63 bits per heavy atom. The van der Waals surface area contributed by atoms with E-state index < -0.39 is 0 Å². The second kappa shape index (κ2) is 11.0. The SMILES string of the molecule is c1ccc(-c2nc(-c3ccc4ccccc4c3)nc(-c3cc(-c4ccc5ccccc5c4)c4c(c3)oc3c5ccccc5ccc34)n2)cc1. The van der Waals surface area contributed by atoms with Crippen LogP contribution in [0.15, 0.2) is 168 Å². The summed E-state index contributed by atoms with van der Waals surface area (Å²) >= 11 is 0. The van der Waals surface area contributed by atoms with E-state index in [2.05, 4.69) is 133 Å². The van der Waals surface area contributed by atoms with E-state index in [0.29, 0.717) is 17.5 Å². The minimum absolute atomic E-state index is 0.589. The topological polar surface area (TPSA) is 51.8 Å². The van der Waals surface area contributed by atoms with Crippen LogP contribution in [0.5, 0.6) is 0 Å². The highest BCUT2D eigenvalue weighted by atomic mass is 16.3. The molecule has 10 aromatic rings. The Morgan fingerprint density at radius 2 is 0.898 bits per heavy atom. The zero-order chi connectivity index (χ0) is 32.3. The predicted molar refractivity (Wildman–Crippen MR) is 201 cm³/mol. The molecule has 0 aliphatic heterocycles. The summed E-state index contributed by atoms with van der Waals surface area (Å²) in [4.78, 5) is 15.2. The molecule has 4 nitrogen and oxygen atoms in total. The van der Waals surface area contributed by atoms with E-state index in [1.165, 1.54) is 16.2 Å². The lowest BCUT2D eigenvalue weighted by molar-refractivity contribution is 0.673. The first-order chi connectivity index (χ1) is 24.2. The highest BCUT2D eigenvalue weighted by molar-refractivity contribution is 6.20. The number of rotatable bonds is 4. The molecule has 0 spiro atoms. The van der Waals surface area contributed by atoms with Gasteiger partial charge < -0.3 is 4.42 Å². The monoisotopic (exact) mass is 625 g/mol.